The molecule has 11 heteroatoms. The molecule has 4 atom stereocenters. The van der Waals surface area contributed by atoms with Gasteiger partial charge in [0.2, 0.25) is 0 Å². The summed E-state index contributed by atoms with van der Waals surface area (Å²) in [7, 11) is 1.18. The van der Waals surface area contributed by atoms with E-state index in [1.54, 1.807) is 13.0 Å². The van der Waals surface area contributed by atoms with Gasteiger partial charge in [0.05, 0.1) is 18.4 Å². The van der Waals surface area contributed by atoms with Crippen LogP contribution in [0.25, 0.3) is 0 Å². The lowest BCUT2D eigenvalue weighted by Crippen LogP contribution is -2.40. The molecule has 37 heavy (non-hydrogen) atoms. The highest BCUT2D eigenvalue weighted by atomic mass is 35.5. The summed E-state index contributed by atoms with van der Waals surface area (Å²) < 4.78 is 37.8. The van der Waals surface area contributed by atoms with E-state index in [1.165, 1.54) is 36.9 Å². The summed E-state index contributed by atoms with van der Waals surface area (Å²) in [5.41, 5.74) is 1.47. The van der Waals surface area contributed by atoms with Gasteiger partial charge in [-0.1, -0.05) is 42.2 Å². The molecule has 8 nitrogen and oxygen atoms in total. The maximum absolute atomic E-state index is 14.2. The van der Waals surface area contributed by atoms with Gasteiger partial charge in [0.15, 0.2) is 16.5 Å². The summed E-state index contributed by atoms with van der Waals surface area (Å²) in [4.78, 5) is 43.7. The van der Waals surface area contributed by atoms with Gasteiger partial charge in [0.1, 0.15) is 23.5 Å². The molecule has 1 aliphatic rings. The van der Waals surface area contributed by atoms with Crippen LogP contribution in [-0.2, 0) is 39.9 Å². The van der Waals surface area contributed by atoms with Crippen molar-refractivity contribution in [3.05, 3.63) is 53.0 Å². The highest BCUT2D eigenvalue weighted by Gasteiger charge is 2.46. The molecule has 1 aromatic rings. The van der Waals surface area contributed by atoms with E-state index >= 15 is 0 Å². The lowest BCUT2D eigenvalue weighted by molar-refractivity contribution is -0.150. The predicted octanol–water partition coefficient (Wildman–Crippen LogP) is 4.83. The van der Waals surface area contributed by atoms with E-state index in [-0.39, 0.29) is 41.4 Å². The number of benzene rings is 1. The van der Waals surface area contributed by atoms with Gasteiger partial charge in [0, 0.05) is 18.9 Å². The van der Waals surface area contributed by atoms with E-state index in [2.05, 4.69) is 5.16 Å². The second-order valence-electron chi connectivity index (χ2n) is 8.44. The van der Waals surface area contributed by atoms with Gasteiger partial charge in [-0.15, -0.1) is 0 Å². The number of Topliss-reactive ketones (excluding diaryl/α,β-unsaturated/α-hetero) is 1. The number of rotatable bonds is 12. The quantitative estimate of drug-likeness (QED) is 0.119. The van der Waals surface area contributed by atoms with E-state index in [1.807, 2.05) is 6.92 Å². The normalized spacial score (nSPS) is 20.1. The average molecular weight is 556 g/mol. The molecule has 0 heterocycles. The third-order valence-corrected chi connectivity index (χ3v) is 7.57. The average Bonchev–Trinajstić information content (AvgIpc) is 2.85. The van der Waals surface area contributed by atoms with Crippen molar-refractivity contribution in [2.24, 2.45) is 17.0 Å². The van der Waals surface area contributed by atoms with Gasteiger partial charge in [-0.25, -0.2) is 4.39 Å². The van der Waals surface area contributed by atoms with E-state index < -0.39 is 51.8 Å². The molecular weight excluding hydrogens is 525 g/mol. The number of ketones is 1. The maximum Gasteiger partial charge on any atom is 0.316 e. The molecule has 0 fully saturated rings. The van der Waals surface area contributed by atoms with Crippen LogP contribution in [-0.4, -0.2) is 47.0 Å². The molecule has 0 aliphatic heterocycles. The monoisotopic (exact) mass is 555 g/mol. The van der Waals surface area contributed by atoms with Crippen LogP contribution >= 0.6 is 11.6 Å². The van der Waals surface area contributed by atoms with Crippen molar-refractivity contribution in [2.75, 3.05) is 13.7 Å². The van der Waals surface area contributed by atoms with Crippen molar-refractivity contribution >= 4 is 46.2 Å². The topological polar surface area (TPSA) is 114 Å². The number of hydrogen-bond donors (Lipinski definition) is 0. The van der Waals surface area contributed by atoms with Crippen molar-refractivity contribution in [2.45, 2.75) is 56.6 Å². The second kappa shape index (κ2) is 14.9. The summed E-state index contributed by atoms with van der Waals surface area (Å²) in [5, 5.41) is 3.43. The molecule has 0 spiro atoms. The number of carbonyl (C=O) groups excluding carboxylic acids is 3. The third kappa shape index (κ3) is 8.15. The first-order valence-corrected chi connectivity index (χ1v) is 13.4. The zero-order valence-electron chi connectivity index (χ0n) is 21.2. The molecule has 0 saturated heterocycles. The minimum Gasteiger partial charge on any atom is -0.611 e. The standard InChI is InChI=1S/C26H31ClFNO7S/c1-5-9-20(29-35-13-8-12-27)24-21(31)15-18(23(26(32)34-4)25(24)36-17(3)30)14-16(2)37(33)22-11-7-6-10-19(22)28/h6-8,10-12,16,18,23H,5,9,13-15H2,1-4H3/t16?,18-,23+,37?/m1/s1. The van der Waals surface area contributed by atoms with Crippen molar-refractivity contribution in [3.63, 3.8) is 0 Å². The van der Waals surface area contributed by atoms with Crippen LogP contribution in [0.2, 0.25) is 0 Å². The highest BCUT2D eigenvalue weighted by molar-refractivity contribution is 7.92. The van der Waals surface area contributed by atoms with E-state index in [9.17, 15) is 23.3 Å². The molecule has 1 aliphatic carbocycles. The zero-order valence-corrected chi connectivity index (χ0v) is 22.8. The molecule has 2 rings (SSSR count). The molecule has 0 aromatic heterocycles. The minimum absolute atomic E-state index is 0.0126. The van der Waals surface area contributed by atoms with Crippen molar-refractivity contribution in [1.29, 1.82) is 0 Å². The number of ether oxygens (including phenoxy) is 2. The number of halogens is 2. The van der Waals surface area contributed by atoms with Crippen LogP contribution in [0.4, 0.5) is 4.39 Å². The van der Waals surface area contributed by atoms with Crippen LogP contribution in [0.5, 0.6) is 0 Å². The fraction of sp³-hybridized carbons (Fsp3) is 0.462. The number of esters is 2. The first kappa shape index (κ1) is 30.5. The van der Waals surface area contributed by atoms with Crippen molar-refractivity contribution < 1.29 is 37.6 Å². The SMILES string of the molecule is CCCC(=NOCC=CCl)C1=C(OC(C)=O)[C@@H](C(=O)OC)[C@H](CC(C)[S+]([O-])c2ccccc2F)CC1=O. The van der Waals surface area contributed by atoms with Crippen LogP contribution < -0.4 is 0 Å². The van der Waals surface area contributed by atoms with E-state index in [0.29, 0.717) is 12.8 Å². The Morgan fingerprint density at radius 3 is 2.65 bits per heavy atom. The molecule has 0 radical (unpaired) electrons. The summed E-state index contributed by atoms with van der Waals surface area (Å²) >= 11 is 3.75. The third-order valence-electron chi connectivity index (χ3n) is 5.70. The Hall–Kier alpha value is -2.69. The Morgan fingerprint density at radius 2 is 2.05 bits per heavy atom. The van der Waals surface area contributed by atoms with Crippen LogP contribution in [0, 0.1) is 17.7 Å². The van der Waals surface area contributed by atoms with Gasteiger partial charge in [-0.3, -0.25) is 14.4 Å². The molecule has 0 amide bonds. The van der Waals surface area contributed by atoms with Gasteiger partial charge in [0.25, 0.3) is 0 Å². The molecule has 0 bridgehead atoms. The largest absolute Gasteiger partial charge is 0.611 e. The Labute approximate surface area is 224 Å². The van der Waals surface area contributed by atoms with E-state index in [0.717, 1.165) is 6.92 Å². The number of carbonyl (C=O) groups is 3. The number of allylic oxidation sites excluding steroid dienone is 1. The molecule has 0 saturated carbocycles. The molecular formula is C26H31ClFNO7S. The minimum atomic E-state index is -1.75. The first-order valence-electron chi connectivity index (χ1n) is 11.8. The lowest BCUT2D eigenvalue weighted by Gasteiger charge is -2.33. The van der Waals surface area contributed by atoms with Crippen LogP contribution in [0.1, 0.15) is 46.5 Å². The number of methoxy groups -OCH3 is 1. The number of nitrogens with zero attached hydrogens (tertiary/aromatic N) is 1. The molecule has 0 N–H and O–H groups in total. The molecule has 202 valence electrons. The van der Waals surface area contributed by atoms with Gasteiger partial charge in [-0.05, 0) is 55.1 Å². The smallest absolute Gasteiger partial charge is 0.316 e. The summed E-state index contributed by atoms with van der Waals surface area (Å²) in [6, 6.07) is 5.73. The Kier molecular flexibility index (Phi) is 12.3. The number of hydrogen-bond acceptors (Lipinski definition) is 8. The summed E-state index contributed by atoms with van der Waals surface area (Å²) in [6.45, 7) is 4.72. The highest BCUT2D eigenvalue weighted by Crippen LogP contribution is 2.40. The zero-order chi connectivity index (χ0) is 27.5. The molecule has 1 aromatic carbocycles. The fourth-order valence-electron chi connectivity index (χ4n) is 4.17. The molecule has 2 unspecified atom stereocenters. The van der Waals surface area contributed by atoms with Gasteiger partial charge >= 0.3 is 11.9 Å². The Morgan fingerprint density at radius 1 is 1.35 bits per heavy atom. The number of oxime groups is 1. The predicted molar refractivity (Wildman–Crippen MR) is 138 cm³/mol. The van der Waals surface area contributed by atoms with Crippen molar-refractivity contribution in [3.8, 4) is 0 Å². The lowest BCUT2D eigenvalue weighted by atomic mass is 9.74. The Balaban J connectivity index is 2.53. The first-order chi connectivity index (χ1) is 17.7. The summed E-state index contributed by atoms with van der Waals surface area (Å²) in [6.07, 6.45) is 2.37. The fourth-order valence-corrected chi connectivity index (χ4v) is 5.57. The Bertz CT molecular complexity index is 1070. The van der Waals surface area contributed by atoms with Gasteiger partial charge in [-0.2, -0.15) is 0 Å². The van der Waals surface area contributed by atoms with Crippen LogP contribution in [0.15, 0.2) is 57.3 Å². The van der Waals surface area contributed by atoms with Crippen LogP contribution in [0.3, 0.4) is 0 Å². The van der Waals surface area contributed by atoms with Gasteiger partial charge < -0.3 is 18.9 Å². The maximum atomic E-state index is 14.2. The van der Waals surface area contributed by atoms with E-state index in [4.69, 9.17) is 25.9 Å². The van der Waals surface area contributed by atoms with Crippen molar-refractivity contribution in [1.82, 2.24) is 0 Å². The second-order valence-corrected chi connectivity index (χ2v) is 10.5. The summed E-state index contributed by atoms with van der Waals surface area (Å²) in [5.74, 6) is -4.51.